The van der Waals surface area contributed by atoms with E-state index >= 15 is 0 Å². The summed E-state index contributed by atoms with van der Waals surface area (Å²) in [6.45, 7) is 3.68. The van der Waals surface area contributed by atoms with Crippen LogP contribution in [-0.2, 0) is 16.6 Å². The van der Waals surface area contributed by atoms with Gasteiger partial charge < -0.3 is 4.90 Å². The minimum Gasteiger partial charge on any atom is -0.367 e. The lowest BCUT2D eigenvalue weighted by Gasteiger charge is -2.23. The number of halogens is 1. The van der Waals surface area contributed by atoms with Gasteiger partial charge in [-0.25, -0.2) is 12.8 Å². The zero-order valence-electron chi connectivity index (χ0n) is 15.0. The molecule has 0 amide bonds. The molecule has 140 valence electrons. The highest BCUT2D eigenvalue weighted by atomic mass is 32.2. The van der Waals surface area contributed by atoms with Crippen LogP contribution in [0, 0.1) is 5.82 Å². The van der Waals surface area contributed by atoms with Gasteiger partial charge in [-0.3, -0.25) is 4.72 Å². The molecule has 0 spiro atoms. The molecule has 0 bridgehead atoms. The number of nitrogens with zero attached hydrogens (tertiary/aromatic N) is 1. The first kappa shape index (κ1) is 18.9. The summed E-state index contributed by atoms with van der Waals surface area (Å²) >= 11 is 0. The molecule has 1 N–H and O–H groups in total. The van der Waals surface area contributed by atoms with Gasteiger partial charge in [0.15, 0.2) is 0 Å². The highest BCUT2D eigenvalue weighted by Gasteiger charge is 2.14. The van der Waals surface area contributed by atoms with Crippen LogP contribution >= 0.6 is 0 Å². The molecule has 0 saturated heterocycles. The third kappa shape index (κ3) is 4.86. The lowest BCUT2D eigenvalue weighted by Crippen LogP contribution is -2.22. The predicted octanol–water partition coefficient (Wildman–Crippen LogP) is 4.65. The van der Waals surface area contributed by atoms with E-state index in [1.165, 1.54) is 17.7 Å². The van der Waals surface area contributed by atoms with Crippen LogP contribution in [0.1, 0.15) is 12.5 Å². The second kappa shape index (κ2) is 8.22. The van der Waals surface area contributed by atoms with E-state index in [4.69, 9.17) is 0 Å². The van der Waals surface area contributed by atoms with Crippen LogP contribution in [0.2, 0.25) is 0 Å². The fourth-order valence-electron chi connectivity index (χ4n) is 2.76. The van der Waals surface area contributed by atoms with Crippen LogP contribution in [0.3, 0.4) is 0 Å². The standard InChI is InChI=1S/C21H21FN2O2S/c1-2-24(16-17-6-4-3-5-7-17)20-12-10-19(11-13-20)23-27(25,26)21-14-8-18(22)9-15-21/h3-15,23H,2,16H2,1H3. The Labute approximate surface area is 159 Å². The molecular formula is C21H21FN2O2S. The van der Waals surface area contributed by atoms with E-state index in [1.54, 1.807) is 12.1 Å². The maximum atomic E-state index is 13.0. The Bertz CT molecular complexity index is 973. The Balaban J connectivity index is 1.73. The summed E-state index contributed by atoms with van der Waals surface area (Å²) in [6, 6.07) is 22.1. The molecule has 3 aromatic carbocycles. The second-order valence-electron chi connectivity index (χ2n) is 6.11. The highest BCUT2D eigenvalue weighted by molar-refractivity contribution is 7.92. The lowest BCUT2D eigenvalue weighted by molar-refractivity contribution is 0.599. The molecule has 0 saturated carbocycles. The van der Waals surface area contributed by atoms with Crippen LogP contribution in [0.4, 0.5) is 15.8 Å². The molecule has 27 heavy (non-hydrogen) atoms. The molecule has 4 nitrogen and oxygen atoms in total. The monoisotopic (exact) mass is 384 g/mol. The zero-order valence-corrected chi connectivity index (χ0v) is 15.8. The van der Waals surface area contributed by atoms with Crippen molar-refractivity contribution in [3.8, 4) is 0 Å². The minimum atomic E-state index is -3.75. The van der Waals surface area contributed by atoms with Crippen molar-refractivity contribution in [2.45, 2.75) is 18.4 Å². The SMILES string of the molecule is CCN(Cc1ccccc1)c1ccc(NS(=O)(=O)c2ccc(F)cc2)cc1. The van der Waals surface area contributed by atoms with E-state index in [0.29, 0.717) is 5.69 Å². The number of rotatable bonds is 7. The van der Waals surface area contributed by atoms with Crippen molar-refractivity contribution in [1.82, 2.24) is 0 Å². The normalized spacial score (nSPS) is 11.2. The minimum absolute atomic E-state index is 0.0206. The van der Waals surface area contributed by atoms with Crippen molar-refractivity contribution in [3.63, 3.8) is 0 Å². The summed E-state index contributed by atoms with van der Waals surface area (Å²) in [5.41, 5.74) is 2.67. The van der Waals surface area contributed by atoms with E-state index in [0.717, 1.165) is 30.9 Å². The van der Waals surface area contributed by atoms with Crippen molar-refractivity contribution >= 4 is 21.4 Å². The smallest absolute Gasteiger partial charge is 0.261 e. The van der Waals surface area contributed by atoms with Crippen molar-refractivity contribution in [3.05, 3.63) is 90.2 Å². The molecule has 0 atom stereocenters. The Kier molecular flexibility index (Phi) is 5.76. The molecule has 0 radical (unpaired) electrons. The lowest BCUT2D eigenvalue weighted by atomic mass is 10.2. The Hall–Kier alpha value is -2.86. The molecular weight excluding hydrogens is 363 g/mol. The molecule has 0 aliphatic heterocycles. The summed E-state index contributed by atoms with van der Waals surface area (Å²) in [5.74, 6) is -0.476. The number of anilines is 2. The number of hydrogen-bond acceptors (Lipinski definition) is 3. The first-order chi connectivity index (χ1) is 13.0. The Morgan fingerprint density at radius 1 is 0.889 bits per heavy atom. The number of sulfonamides is 1. The summed E-state index contributed by atoms with van der Waals surface area (Å²) in [5, 5.41) is 0. The van der Waals surface area contributed by atoms with E-state index in [1.807, 2.05) is 30.3 Å². The van der Waals surface area contributed by atoms with Gasteiger partial charge >= 0.3 is 0 Å². The molecule has 0 heterocycles. The molecule has 0 aliphatic rings. The third-order valence-electron chi connectivity index (χ3n) is 4.21. The molecule has 3 aromatic rings. The van der Waals surface area contributed by atoms with Crippen LogP contribution in [0.5, 0.6) is 0 Å². The summed E-state index contributed by atoms with van der Waals surface area (Å²) in [4.78, 5) is 2.22. The van der Waals surface area contributed by atoms with Gasteiger partial charge in [-0.1, -0.05) is 30.3 Å². The molecule has 6 heteroatoms. The maximum absolute atomic E-state index is 13.0. The van der Waals surface area contributed by atoms with E-state index in [2.05, 4.69) is 28.7 Å². The average Bonchev–Trinajstić information content (AvgIpc) is 2.68. The summed E-state index contributed by atoms with van der Waals surface area (Å²) < 4.78 is 40.3. The first-order valence-corrected chi connectivity index (χ1v) is 10.1. The molecule has 3 rings (SSSR count). The topological polar surface area (TPSA) is 49.4 Å². The summed E-state index contributed by atoms with van der Waals surface area (Å²) in [6.07, 6.45) is 0. The third-order valence-corrected chi connectivity index (χ3v) is 5.60. The highest BCUT2D eigenvalue weighted by Crippen LogP contribution is 2.22. The Morgan fingerprint density at radius 3 is 2.11 bits per heavy atom. The average molecular weight is 384 g/mol. The van der Waals surface area contributed by atoms with Gasteiger partial charge in [0.25, 0.3) is 10.0 Å². The van der Waals surface area contributed by atoms with Crippen molar-refractivity contribution in [2.24, 2.45) is 0 Å². The van der Waals surface area contributed by atoms with Gasteiger partial charge in [0.1, 0.15) is 5.82 Å². The molecule has 0 aromatic heterocycles. The van der Waals surface area contributed by atoms with Crippen LogP contribution in [0.25, 0.3) is 0 Å². The van der Waals surface area contributed by atoms with Crippen LogP contribution in [-0.4, -0.2) is 15.0 Å². The fourth-order valence-corrected chi connectivity index (χ4v) is 3.82. The van der Waals surface area contributed by atoms with Gasteiger partial charge in [0.2, 0.25) is 0 Å². The largest absolute Gasteiger partial charge is 0.367 e. The quantitative estimate of drug-likeness (QED) is 0.645. The molecule has 0 aliphatic carbocycles. The van der Waals surface area contributed by atoms with Crippen LogP contribution < -0.4 is 9.62 Å². The second-order valence-corrected chi connectivity index (χ2v) is 7.79. The van der Waals surface area contributed by atoms with Crippen molar-refractivity contribution in [2.75, 3.05) is 16.2 Å². The van der Waals surface area contributed by atoms with Crippen molar-refractivity contribution in [1.29, 1.82) is 0 Å². The van der Waals surface area contributed by atoms with Gasteiger partial charge in [-0.2, -0.15) is 0 Å². The predicted molar refractivity (Wildman–Crippen MR) is 107 cm³/mol. The maximum Gasteiger partial charge on any atom is 0.261 e. The van der Waals surface area contributed by atoms with E-state index < -0.39 is 15.8 Å². The van der Waals surface area contributed by atoms with Crippen molar-refractivity contribution < 1.29 is 12.8 Å². The van der Waals surface area contributed by atoms with E-state index in [9.17, 15) is 12.8 Å². The number of nitrogens with one attached hydrogen (secondary N) is 1. The van der Waals surface area contributed by atoms with Gasteiger partial charge in [0.05, 0.1) is 4.90 Å². The van der Waals surface area contributed by atoms with Gasteiger partial charge in [0, 0.05) is 24.5 Å². The summed E-state index contributed by atoms with van der Waals surface area (Å²) in [7, 11) is -3.75. The van der Waals surface area contributed by atoms with Gasteiger partial charge in [-0.05, 0) is 61.0 Å². The molecule has 0 unspecified atom stereocenters. The number of benzene rings is 3. The van der Waals surface area contributed by atoms with Crippen LogP contribution in [0.15, 0.2) is 83.8 Å². The number of hydrogen-bond donors (Lipinski definition) is 1. The molecule has 0 fully saturated rings. The Morgan fingerprint density at radius 2 is 1.52 bits per heavy atom. The van der Waals surface area contributed by atoms with Gasteiger partial charge in [-0.15, -0.1) is 0 Å². The zero-order chi connectivity index (χ0) is 19.3. The fraction of sp³-hybridized carbons (Fsp3) is 0.143. The van der Waals surface area contributed by atoms with E-state index in [-0.39, 0.29) is 4.90 Å². The first-order valence-electron chi connectivity index (χ1n) is 8.65.